The van der Waals surface area contributed by atoms with E-state index in [4.69, 9.17) is 9.47 Å². The van der Waals surface area contributed by atoms with Gasteiger partial charge in [-0.2, -0.15) is 0 Å². The van der Waals surface area contributed by atoms with Gasteiger partial charge in [0.05, 0.1) is 11.0 Å². The van der Waals surface area contributed by atoms with E-state index in [1.54, 1.807) is 32.9 Å². The Kier molecular flexibility index (Phi) is 3.66. The van der Waals surface area contributed by atoms with E-state index in [2.05, 4.69) is 0 Å². The number of hydrogen-bond donors (Lipinski definition) is 0. The molecule has 0 saturated carbocycles. The molecule has 0 bridgehead atoms. The Hall–Kier alpha value is -2.10. The molecule has 0 amide bonds. The number of carbonyl (C=O) groups is 2. The number of rotatable bonds is 1. The first-order chi connectivity index (χ1) is 9.61. The fraction of sp³-hybridized carbons (Fsp3) is 0.412. The average Bonchev–Trinajstić information content (AvgIpc) is 2.65. The molecule has 0 radical (unpaired) electrons. The molecule has 0 spiro atoms. The molecular weight excluding hydrogens is 268 g/mol. The third-order valence-corrected chi connectivity index (χ3v) is 3.20. The molecule has 1 heterocycles. The van der Waals surface area contributed by atoms with E-state index in [9.17, 15) is 9.59 Å². The summed E-state index contributed by atoms with van der Waals surface area (Å²) in [4.78, 5) is 24.2. The number of carbonyl (C=O) groups excluding carboxylic acids is 2. The van der Waals surface area contributed by atoms with Gasteiger partial charge in [0.15, 0.2) is 5.76 Å². The second kappa shape index (κ2) is 5.02. The smallest absolute Gasteiger partial charge is 0.316 e. The molecule has 1 aliphatic heterocycles. The monoisotopic (exact) mass is 288 g/mol. The second-order valence-corrected chi connectivity index (χ2v) is 6.51. The SMILES string of the molecule is CC(C)=C1Oc2cc(OC(=O)C(C)(C)C)cc(C)c2C1=O. The van der Waals surface area contributed by atoms with Crippen LogP contribution in [0.25, 0.3) is 0 Å². The molecular formula is C17H20O4. The Bertz CT molecular complexity index is 656. The summed E-state index contributed by atoms with van der Waals surface area (Å²) in [5.41, 5.74) is 1.52. The molecule has 0 N–H and O–H groups in total. The van der Waals surface area contributed by atoms with Crippen molar-refractivity contribution in [2.75, 3.05) is 0 Å². The summed E-state index contributed by atoms with van der Waals surface area (Å²) in [7, 11) is 0. The Morgan fingerprint density at radius 1 is 1.19 bits per heavy atom. The molecule has 1 aliphatic rings. The van der Waals surface area contributed by atoms with E-state index in [0.29, 0.717) is 22.8 Å². The summed E-state index contributed by atoms with van der Waals surface area (Å²) >= 11 is 0. The van der Waals surface area contributed by atoms with Gasteiger partial charge in [-0.3, -0.25) is 9.59 Å². The van der Waals surface area contributed by atoms with Gasteiger partial charge in [0.2, 0.25) is 5.78 Å². The van der Waals surface area contributed by atoms with Crippen molar-refractivity contribution in [1.82, 2.24) is 0 Å². The Labute approximate surface area is 124 Å². The maximum absolute atomic E-state index is 12.3. The van der Waals surface area contributed by atoms with Crippen LogP contribution in [0.2, 0.25) is 0 Å². The van der Waals surface area contributed by atoms with Gasteiger partial charge < -0.3 is 9.47 Å². The summed E-state index contributed by atoms with van der Waals surface area (Å²) in [5.74, 6) is 0.763. The number of Topliss-reactive ketones (excluding diaryl/α,β-unsaturated/α-hetero) is 1. The number of ketones is 1. The predicted molar refractivity (Wildman–Crippen MR) is 79.6 cm³/mol. The van der Waals surface area contributed by atoms with Gasteiger partial charge in [0, 0.05) is 6.07 Å². The minimum absolute atomic E-state index is 0.115. The van der Waals surface area contributed by atoms with Crippen molar-refractivity contribution in [3.8, 4) is 11.5 Å². The fourth-order valence-corrected chi connectivity index (χ4v) is 2.01. The number of hydrogen-bond acceptors (Lipinski definition) is 4. The number of benzene rings is 1. The van der Waals surface area contributed by atoms with Crippen LogP contribution in [0, 0.1) is 12.3 Å². The topological polar surface area (TPSA) is 52.6 Å². The highest BCUT2D eigenvalue weighted by Crippen LogP contribution is 2.38. The summed E-state index contributed by atoms with van der Waals surface area (Å²) < 4.78 is 11.0. The van der Waals surface area contributed by atoms with Crippen molar-refractivity contribution >= 4 is 11.8 Å². The first kappa shape index (κ1) is 15.3. The number of fused-ring (bicyclic) bond motifs is 1. The molecule has 0 aromatic heterocycles. The molecule has 4 heteroatoms. The Morgan fingerprint density at radius 2 is 1.81 bits per heavy atom. The van der Waals surface area contributed by atoms with E-state index in [1.165, 1.54) is 0 Å². The van der Waals surface area contributed by atoms with E-state index in [0.717, 1.165) is 11.1 Å². The van der Waals surface area contributed by atoms with Crippen molar-refractivity contribution in [2.45, 2.75) is 41.5 Å². The predicted octanol–water partition coefficient (Wildman–Crippen LogP) is 3.82. The molecule has 0 aliphatic carbocycles. The number of ether oxygens (including phenoxy) is 2. The average molecular weight is 288 g/mol. The zero-order valence-electron chi connectivity index (χ0n) is 13.3. The zero-order chi connectivity index (χ0) is 15.9. The summed E-state index contributed by atoms with van der Waals surface area (Å²) in [6.45, 7) is 10.8. The highest BCUT2D eigenvalue weighted by atomic mass is 16.5. The van der Waals surface area contributed by atoms with Crippen molar-refractivity contribution < 1.29 is 19.1 Å². The largest absolute Gasteiger partial charge is 0.452 e. The standard InChI is InChI=1S/C17H20O4/c1-9(2)15-14(18)13-10(3)7-11(8-12(13)21-15)20-16(19)17(4,5)6/h7-8H,1-6H3. The Morgan fingerprint density at radius 3 is 2.33 bits per heavy atom. The summed E-state index contributed by atoms with van der Waals surface area (Å²) in [6, 6.07) is 3.29. The highest BCUT2D eigenvalue weighted by Gasteiger charge is 2.31. The van der Waals surface area contributed by atoms with Crippen LogP contribution < -0.4 is 9.47 Å². The minimum atomic E-state index is -0.589. The van der Waals surface area contributed by atoms with E-state index in [-0.39, 0.29) is 11.8 Å². The van der Waals surface area contributed by atoms with E-state index in [1.807, 2.05) is 20.8 Å². The molecule has 0 unspecified atom stereocenters. The first-order valence-corrected chi connectivity index (χ1v) is 6.88. The van der Waals surface area contributed by atoms with Crippen LogP contribution >= 0.6 is 0 Å². The number of esters is 1. The van der Waals surface area contributed by atoms with Crippen LogP contribution in [-0.2, 0) is 4.79 Å². The van der Waals surface area contributed by atoms with Crippen molar-refractivity contribution in [3.05, 3.63) is 34.6 Å². The molecule has 4 nitrogen and oxygen atoms in total. The molecule has 1 aromatic rings. The van der Waals surface area contributed by atoms with E-state index < -0.39 is 5.41 Å². The molecule has 0 fully saturated rings. The van der Waals surface area contributed by atoms with Gasteiger partial charge in [0.25, 0.3) is 0 Å². The fourth-order valence-electron chi connectivity index (χ4n) is 2.01. The second-order valence-electron chi connectivity index (χ2n) is 6.51. The third kappa shape index (κ3) is 2.84. The molecule has 0 saturated heterocycles. The first-order valence-electron chi connectivity index (χ1n) is 6.88. The quantitative estimate of drug-likeness (QED) is 0.448. The van der Waals surface area contributed by atoms with E-state index >= 15 is 0 Å². The maximum atomic E-state index is 12.3. The van der Waals surface area contributed by atoms with Crippen molar-refractivity contribution in [2.24, 2.45) is 5.41 Å². The lowest BCUT2D eigenvalue weighted by atomic mass is 9.97. The van der Waals surface area contributed by atoms with Crippen LogP contribution in [-0.4, -0.2) is 11.8 Å². The van der Waals surface area contributed by atoms with Crippen molar-refractivity contribution in [1.29, 1.82) is 0 Å². The summed E-state index contributed by atoms with van der Waals surface area (Å²) in [6.07, 6.45) is 0. The van der Waals surface area contributed by atoms with Crippen molar-refractivity contribution in [3.63, 3.8) is 0 Å². The normalized spacial score (nSPS) is 13.8. The van der Waals surface area contributed by atoms with Crippen LogP contribution in [0.5, 0.6) is 11.5 Å². The third-order valence-electron chi connectivity index (χ3n) is 3.20. The van der Waals surface area contributed by atoms with Gasteiger partial charge in [-0.15, -0.1) is 0 Å². The molecule has 2 rings (SSSR count). The lowest BCUT2D eigenvalue weighted by molar-refractivity contribution is -0.143. The van der Waals surface area contributed by atoms with Crippen LogP contribution in [0.4, 0.5) is 0 Å². The van der Waals surface area contributed by atoms with Gasteiger partial charge in [-0.05, 0) is 58.7 Å². The van der Waals surface area contributed by atoms with Crippen LogP contribution in [0.3, 0.4) is 0 Å². The van der Waals surface area contributed by atoms with Crippen LogP contribution in [0.1, 0.15) is 50.5 Å². The van der Waals surface area contributed by atoms with Gasteiger partial charge in [-0.25, -0.2) is 0 Å². The molecule has 0 atom stereocenters. The van der Waals surface area contributed by atoms with Gasteiger partial charge in [0.1, 0.15) is 11.5 Å². The maximum Gasteiger partial charge on any atom is 0.316 e. The molecule has 112 valence electrons. The number of allylic oxidation sites excluding steroid dienone is 2. The number of aryl methyl sites for hydroxylation is 1. The van der Waals surface area contributed by atoms with Gasteiger partial charge >= 0.3 is 5.97 Å². The minimum Gasteiger partial charge on any atom is -0.452 e. The highest BCUT2D eigenvalue weighted by molar-refractivity contribution is 6.13. The zero-order valence-corrected chi connectivity index (χ0v) is 13.3. The van der Waals surface area contributed by atoms with Gasteiger partial charge in [-0.1, -0.05) is 0 Å². The Balaban J connectivity index is 2.39. The molecule has 1 aromatic carbocycles. The lowest BCUT2D eigenvalue weighted by Crippen LogP contribution is -2.25. The van der Waals surface area contributed by atoms with Crippen LogP contribution in [0.15, 0.2) is 23.5 Å². The lowest BCUT2D eigenvalue weighted by Gasteiger charge is -2.16. The summed E-state index contributed by atoms with van der Waals surface area (Å²) in [5, 5.41) is 0. The molecule has 21 heavy (non-hydrogen) atoms.